The van der Waals surface area contributed by atoms with Crippen LogP contribution < -0.4 is 31.1 Å². The summed E-state index contributed by atoms with van der Waals surface area (Å²) in [7, 11) is 0. The lowest BCUT2D eigenvalue weighted by Gasteiger charge is -2.37. The predicted octanol–water partition coefficient (Wildman–Crippen LogP) is 1.63. The van der Waals surface area contributed by atoms with Crippen molar-refractivity contribution in [1.29, 1.82) is 0 Å². The van der Waals surface area contributed by atoms with E-state index in [9.17, 15) is 18.4 Å². The number of hydrogen-bond donors (Lipinski definition) is 4. The van der Waals surface area contributed by atoms with Crippen molar-refractivity contribution in [2.45, 2.75) is 19.4 Å². The van der Waals surface area contributed by atoms with Gasteiger partial charge in [-0.2, -0.15) is 5.10 Å². The quantitative estimate of drug-likeness (QED) is 0.422. The van der Waals surface area contributed by atoms with Gasteiger partial charge in [0.05, 0.1) is 17.3 Å². The average molecular weight is 483 g/mol. The molecule has 2 fully saturated rings. The van der Waals surface area contributed by atoms with Crippen LogP contribution in [-0.2, 0) is 9.59 Å². The van der Waals surface area contributed by atoms with Crippen LogP contribution in [0.15, 0.2) is 54.6 Å². The van der Waals surface area contributed by atoms with Crippen LogP contribution in [0, 0.1) is 24.5 Å². The van der Waals surface area contributed by atoms with Crippen LogP contribution in [0.3, 0.4) is 0 Å². The maximum Gasteiger partial charge on any atom is 0.263 e. The molecule has 3 atom stereocenters. The largest absolute Gasteiger partial charge is 0.481 e. The fourth-order valence-electron chi connectivity index (χ4n) is 4.13. The normalized spacial score (nSPS) is 21.4. The minimum atomic E-state index is -0.775. The van der Waals surface area contributed by atoms with Gasteiger partial charge in [0.1, 0.15) is 17.8 Å². The van der Waals surface area contributed by atoms with Crippen molar-refractivity contribution >= 4 is 23.3 Å². The molecule has 0 spiro atoms. The molecule has 1 aromatic heterocycles. The number of nitrogens with zero attached hydrogens (tertiary/aromatic N) is 3. The van der Waals surface area contributed by atoms with Gasteiger partial charge in [-0.25, -0.2) is 18.9 Å². The SMILES string of the molecule is Cc1cc(NC(=O)COc2ccccc2F)n(C2NC(=O)C3CNN(c4ccc(F)cc4)C3N2)n1. The van der Waals surface area contributed by atoms with Gasteiger partial charge in [-0.15, -0.1) is 0 Å². The monoisotopic (exact) mass is 483 g/mol. The van der Waals surface area contributed by atoms with Crippen LogP contribution in [-0.4, -0.2) is 40.9 Å². The van der Waals surface area contributed by atoms with Crippen molar-refractivity contribution in [2.24, 2.45) is 5.92 Å². The molecule has 35 heavy (non-hydrogen) atoms. The second-order valence-electron chi connectivity index (χ2n) is 8.22. The Morgan fingerprint density at radius 2 is 1.97 bits per heavy atom. The molecule has 0 aliphatic carbocycles. The summed E-state index contributed by atoms with van der Waals surface area (Å²) in [6.07, 6.45) is -1.22. The summed E-state index contributed by atoms with van der Waals surface area (Å²) in [6, 6.07) is 13.4. The molecule has 0 saturated carbocycles. The highest BCUT2D eigenvalue weighted by Gasteiger charge is 2.45. The van der Waals surface area contributed by atoms with E-state index < -0.39 is 36.7 Å². The minimum absolute atomic E-state index is 0.0331. The zero-order chi connectivity index (χ0) is 24.5. The van der Waals surface area contributed by atoms with E-state index in [1.807, 2.05) is 0 Å². The number of para-hydroxylation sites is 1. The first-order valence-corrected chi connectivity index (χ1v) is 11.0. The molecule has 2 aromatic carbocycles. The Balaban J connectivity index is 1.31. The zero-order valence-corrected chi connectivity index (χ0v) is 18.7. The van der Waals surface area contributed by atoms with Gasteiger partial charge in [-0.05, 0) is 43.3 Å². The third-order valence-corrected chi connectivity index (χ3v) is 5.76. The molecule has 10 nitrogen and oxygen atoms in total. The van der Waals surface area contributed by atoms with Crippen LogP contribution >= 0.6 is 0 Å². The molecule has 0 bridgehead atoms. The van der Waals surface area contributed by atoms with E-state index in [4.69, 9.17) is 4.74 Å². The van der Waals surface area contributed by atoms with Gasteiger partial charge < -0.3 is 15.4 Å². The van der Waals surface area contributed by atoms with Gasteiger partial charge >= 0.3 is 0 Å². The molecule has 2 amide bonds. The zero-order valence-electron chi connectivity index (χ0n) is 18.7. The molecule has 5 rings (SSSR count). The highest BCUT2D eigenvalue weighted by Crippen LogP contribution is 2.28. The van der Waals surface area contributed by atoms with Crippen molar-refractivity contribution in [3.63, 3.8) is 0 Å². The average Bonchev–Trinajstić information content (AvgIpc) is 3.42. The Morgan fingerprint density at radius 3 is 2.74 bits per heavy atom. The number of carbonyl (C=O) groups excluding carboxylic acids is 2. The minimum Gasteiger partial charge on any atom is -0.481 e. The maximum atomic E-state index is 13.7. The summed E-state index contributed by atoms with van der Waals surface area (Å²) in [4.78, 5) is 25.4. The number of halogens is 2. The standard InChI is InChI=1S/C23H23F2N7O3/c1-13-10-19(27-20(33)12-35-18-5-3-2-4-17(18)25)32(30-13)23-28-21-16(22(34)29-23)11-26-31(21)15-8-6-14(24)7-9-15/h2-10,16,21,23,26,28H,11-12H2,1H3,(H,27,33)(H,29,34). The van der Waals surface area contributed by atoms with E-state index in [1.165, 1.54) is 35.0 Å². The van der Waals surface area contributed by atoms with Crippen LogP contribution in [0.2, 0.25) is 0 Å². The highest BCUT2D eigenvalue weighted by molar-refractivity contribution is 5.91. The van der Waals surface area contributed by atoms with Crippen molar-refractivity contribution in [1.82, 2.24) is 25.8 Å². The molecule has 3 aromatic rings. The van der Waals surface area contributed by atoms with Gasteiger partial charge in [0.2, 0.25) is 5.91 Å². The third kappa shape index (κ3) is 4.66. The number of benzene rings is 2. The molecule has 182 valence electrons. The first-order valence-electron chi connectivity index (χ1n) is 11.0. The summed E-state index contributed by atoms with van der Waals surface area (Å²) in [5.74, 6) is -1.77. The van der Waals surface area contributed by atoms with E-state index in [0.29, 0.717) is 23.7 Å². The Morgan fingerprint density at radius 1 is 1.20 bits per heavy atom. The second-order valence-corrected chi connectivity index (χ2v) is 8.22. The molecule has 3 heterocycles. The van der Waals surface area contributed by atoms with E-state index in [0.717, 1.165) is 0 Å². The van der Waals surface area contributed by atoms with Crippen molar-refractivity contribution in [2.75, 3.05) is 23.5 Å². The summed E-state index contributed by atoms with van der Waals surface area (Å²) < 4.78 is 33.8. The number of aryl methyl sites for hydroxylation is 1. The fourth-order valence-corrected chi connectivity index (χ4v) is 4.13. The number of fused-ring (bicyclic) bond motifs is 1. The molecular formula is C23H23F2N7O3. The lowest BCUT2D eigenvalue weighted by atomic mass is 10.0. The number of nitrogens with one attached hydrogen (secondary N) is 4. The Bertz CT molecular complexity index is 1250. The summed E-state index contributed by atoms with van der Waals surface area (Å²) in [5.41, 5.74) is 4.46. The van der Waals surface area contributed by atoms with Crippen LogP contribution in [0.4, 0.5) is 20.3 Å². The predicted molar refractivity (Wildman–Crippen MR) is 122 cm³/mol. The number of amides is 2. The van der Waals surface area contributed by atoms with Gasteiger partial charge in [0.15, 0.2) is 24.5 Å². The van der Waals surface area contributed by atoms with Gasteiger partial charge in [-0.1, -0.05) is 12.1 Å². The van der Waals surface area contributed by atoms with Gasteiger partial charge in [0.25, 0.3) is 5.91 Å². The lowest BCUT2D eigenvalue weighted by Crippen LogP contribution is -2.61. The van der Waals surface area contributed by atoms with E-state index in [1.54, 1.807) is 36.2 Å². The number of hydrazine groups is 1. The number of rotatable bonds is 6. The van der Waals surface area contributed by atoms with Crippen molar-refractivity contribution in [3.05, 3.63) is 71.9 Å². The fraction of sp³-hybridized carbons (Fsp3) is 0.261. The van der Waals surface area contributed by atoms with Crippen LogP contribution in [0.1, 0.15) is 12.0 Å². The maximum absolute atomic E-state index is 13.7. The van der Waals surface area contributed by atoms with Gasteiger partial charge in [0, 0.05) is 12.6 Å². The Kier molecular flexibility index (Phi) is 6.05. The highest BCUT2D eigenvalue weighted by atomic mass is 19.1. The Labute approximate surface area is 199 Å². The number of aromatic nitrogens is 2. The molecule has 12 heteroatoms. The molecule has 4 N–H and O–H groups in total. The number of anilines is 2. The molecule has 3 unspecified atom stereocenters. The lowest BCUT2D eigenvalue weighted by molar-refractivity contribution is -0.129. The topological polar surface area (TPSA) is 113 Å². The summed E-state index contributed by atoms with van der Waals surface area (Å²) >= 11 is 0. The summed E-state index contributed by atoms with van der Waals surface area (Å²) in [6.45, 7) is 1.72. The number of carbonyl (C=O) groups is 2. The number of ether oxygens (including phenoxy) is 1. The van der Waals surface area contributed by atoms with Gasteiger partial charge in [-0.3, -0.25) is 19.9 Å². The van der Waals surface area contributed by atoms with E-state index in [2.05, 4.69) is 26.5 Å². The molecule has 0 radical (unpaired) electrons. The van der Waals surface area contributed by atoms with Crippen molar-refractivity contribution < 1.29 is 23.1 Å². The van der Waals surface area contributed by atoms with E-state index >= 15 is 0 Å². The molecule has 2 saturated heterocycles. The van der Waals surface area contributed by atoms with Crippen molar-refractivity contribution in [3.8, 4) is 5.75 Å². The Hall–Kier alpha value is -4.03. The third-order valence-electron chi connectivity index (χ3n) is 5.76. The molecular weight excluding hydrogens is 460 g/mol. The smallest absolute Gasteiger partial charge is 0.263 e. The molecule has 2 aliphatic rings. The molecule has 2 aliphatic heterocycles. The summed E-state index contributed by atoms with van der Waals surface area (Å²) in [5, 5.41) is 15.1. The van der Waals surface area contributed by atoms with Crippen LogP contribution in [0.5, 0.6) is 5.75 Å². The second kappa shape index (κ2) is 9.31. The van der Waals surface area contributed by atoms with E-state index in [-0.39, 0.29) is 17.5 Å². The first kappa shape index (κ1) is 22.7. The first-order chi connectivity index (χ1) is 16.9. The number of hydrogen-bond acceptors (Lipinski definition) is 7. The van der Waals surface area contributed by atoms with Crippen LogP contribution in [0.25, 0.3) is 0 Å².